The van der Waals surface area contributed by atoms with Gasteiger partial charge in [-0.15, -0.1) is 0 Å². The van der Waals surface area contributed by atoms with Gasteiger partial charge in [-0.3, -0.25) is 4.99 Å². The predicted molar refractivity (Wildman–Crippen MR) is 111 cm³/mol. The van der Waals surface area contributed by atoms with Gasteiger partial charge < -0.3 is 20.1 Å². The van der Waals surface area contributed by atoms with Crippen LogP contribution in [0, 0.1) is 12.7 Å². The second-order valence-corrected chi connectivity index (χ2v) is 6.39. The lowest BCUT2D eigenvalue weighted by molar-refractivity contribution is 0.110. The Bertz CT molecular complexity index is 748. The molecule has 0 aliphatic carbocycles. The van der Waals surface area contributed by atoms with Gasteiger partial charge in [0.05, 0.1) is 6.61 Å². The largest absolute Gasteiger partial charge is 0.491 e. The number of halogens is 1. The maximum Gasteiger partial charge on any atom is 0.191 e. The van der Waals surface area contributed by atoms with E-state index in [1.807, 2.05) is 19.9 Å². The number of aryl methyl sites for hydroxylation is 1. The van der Waals surface area contributed by atoms with Crippen LogP contribution in [0.1, 0.15) is 23.6 Å². The Hall–Kier alpha value is -2.60. The molecule has 2 rings (SSSR count). The molecule has 0 aliphatic heterocycles. The van der Waals surface area contributed by atoms with Crippen molar-refractivity contribution >= 4 is 5.96 Å². The highest BCUT2D eigenvalue weighted by molar-refractivity contribution is 5.79. The van der Waals surface area contributed by atoms with E-state index in [9.17, 15) is 4.39 Å². The van der Waals surface area contributed by atoms with Crippen LogP contribution in [0.2, 0.25) is 0 Å². The van der Waals surface area contributed by atoms with Crippen LogP contribution in [0.5, 0.6) is 5.75 Å². The van der Waals surface area contributed by atoms with E-state index in [1.54, 1.807) is 19.2 Å². The molecule has 0 atom stereocenters. The molecule has 2 aromatic rings. The van der Waals surface area contributed by atoms with Gasteiger partial charge in [-0.1, -0.05) is 24.3 Å². The van der Waals surface area contributed by atoms with Crippen molar-refractivity contribution in [2.75, 3.05) is 33.4 Å². The van der Waals surface area contributed by atoms with Gasteiger partial charge in [-0.2, -0.15) is 0 Å². The predicted octanol–water partition coefficient (Wildman–Crippen LogP) is 3.46. The average Bonchev–Trinajstić information content (AvgIpc) is 2.70. The standard InChI is InChI=1S/C22H30FN3O2/c1-4-27-13-14-28-21-15-17(2)5-8-19(21)16-26-22(24-3)25-12-11-18-6-9-20(23)10-7-18/h5-10,15H,4,11-14,16H2,1-3H3,(H2,24,25,26). The topological polar surface area (TPSA) is 54.9 Å². The monoisotopic (exact) mass is 387 g/mol. The summed E-state index contributed by atoms with van der Waals surface area (Å²) in [6.45, 7) is 7.10. The van der Waals surface area contributed by atoms with Crippen molar-refractivity contribution in [3.05, 3.63) is 65.0 Å². The molecule has 0 aromatic heterocycles. The first kappa shape index (κ1) is 21.7. The number of aliphatic imine (C=N–C) groups is 1. The smallest absolute Gasteiger partial charge is 0.191 e. The first-order valence-electron chi connectivity index (χ1n) is 9.61. The quantitative estimate of drug-likeness (QED) is 0.372. The molecular formula is C22H30FN3O2. The van der Waals surface area contributed by atoms with E-state index in [-0.39, 0.29) is 5.82 Å². The number of nitrogens with zero attached hydrogens (tertiary/aromatic N) is 1. The van der Waals surface area contributed by atoms with Crippen LogP contribution < -0.4 is 15.4 Å². The Kier molecular flexibility index (Phi) is 9.28. The summed E-state index contributed by atoms with van der Waals surface area (Å²) in [6.07, 6.45) is 0.789. The summed E-state index contributed by atoms with van der Waals surface area (Å²) in [4.78, 5) is 4.26. The number of rotatable bonds is 10. The minimum Gasteiger partial charge on any atom is -0.491 e. The fourth-order valence-electron chi connectivity index (χ4n) is 2.67. The van der Waals surface area contributed by atoms with Crippen molar-refractivity contribution in [2.45, 2.75) is 26.8 Å². The summed E-state index contributed by atoms with van der Waals surface area (Å²) in [5, 5.41) is 6.59. The molecule has 0 aliphatic rings. The van der Waals surface area contributed by atoms with Gasteiger partial charge in [0.1, 0.15) is 18.2 Å². The zero-order valence-corrected chi connectivity index (χ0v) is 16.9. The third-order valence-corrected chi connectivity index (χ3v) is 4.20. The van der Waals surface area contributed by atoms with E-state index in [0.29, 0.717) is 38.9 Å². The lowest BCUT2D eigenvalue weighted by Crippen LogP contribution is -2.37. The van der Waals surface area contributed by atoms with Gasteiger partial charge in [0.2, 0.25) is 0 Å². The lowest BCUT2D eigenvalue weighted by Gasteiger charge is -2.15. The number of hydrogen-bond acceptors (Lipinski definition) is 3. The molecule has 2 aromatic carbocycles. The maximum atomic E-state index is 13.0. The molecular weight excluding hydrogens is 357 g/mol. The zero-order valence-electron chi connectivity index (χ0n) is 16.9. The van der Waals surface area contributed by atoms with Crippen LogP contribution in [-0.4, -0.2) is 39.4 Å². The molecule has 0 fully saturated rings. The minimum atomic E-state index is -0.216. The minimum absolute atomic E-state index is 0.216. The van der Waals surface area contributed by atoms with Crippen LogP contribution in [0.3, 0.4) is 0 Å². The second kappa shape index (κ2) is 12.0. The van der Waals surface area contributed by atoms with E-state index < -0.39 is 0 Å². The molecule has 6 heteroatoms. The van der Waals surface area contributed by atoms with Gasteiger partial charge in [-0.05, 0) is 49.6 Å². The molecule has 0 saturated heterocycles. The van der Waals surface area contributed by atoms with Crippen LogP contribution in [0.4, 0.5) is 4.39 Å². The first-order valence-corrected chi connectivity index (χ1v) is 9.61. The average molecular weight is 387 g/mol. The molecule has 0 amide bonds. The SMILES string of the molecule is CCOCCOc1cc(C)ccc1CNC(=NC)NCCc1ccc(F)cc1. The van der Waals surface area contributed by atoms with Gasteiger partial charge in [0, 0.05) is 32.3 Å². The normalized spacial score (nSPS) is 11.4. The molecule has 2 N–H and O–H groups in total. The van der Waals surface area contributed by atoms with E-state index in [1.165, 1.54) is 12.1 Å². The molecule has 0 bridgehead atoms. The third-order valence-electron chi connectivity index (χ3n) is 4.20. The Morgan fingerprint density at radius 3 is 2.57 bits per heavy atom. The van der Waals surface area contributed by atoms with Crippen LogP contribution >= 0.6 is 0 Å². The number of benzene rings is 2. The van der Waals surface area contributed by atoms with Crippen LogP contribution in [0.15, 0.2) is 47.5 Å². The highest BCUT2D eigenvalue weighted by atomic mass is 19.1. The summed E-state index contributed by atoms with van der Waals surface area (Å²) in [6, 6.07) is 12.7. The van der Waals surface area contributed by atoms with Crippen LogP contribution in [-0.2, 0) is 17.7 Å². The second-order valence-electron chi connectivity index (χ2n) is 6.39. The first-order chi connectivity index (χ1) is 13.6. The molecule has 0 radical (unpaired) electrons. The summed E-state index contributed by atoms with van der Waals surface area (Å²) in [7, 11) is 1.74. The van der Waals surface area contributed by atoms with E-state index in [2.05, 4.69) is 27.8 Å². The maximum absolute atomic E-state index is 13.0. The van der Waals surface area contributed by atoms with E-state index in [4.69, 9.17) is 9.47 Å². The highest BCUT2D eigenvalue weighted by Gasteiger charge is 2.06. The Morgan fingerprint density at radius 1 is 1.07 bits per heavy atom. The number of nitrogens with one attached hydrogen (secondary N) is 2. The van der Waals surface area contributed by atoms with Crippen molar-refractivity contribution in [3.8, 4) is 5.75 Å². The molecule has 5 nitrogen and oxygen atoms in total. The van der Waals surface area contributed by atoms with Crippen LogP contribution in [0.25, 0.3) is 0 Å². The summed E-state index contributed by atoms with van der Waals surface area (Å²) >= 11 is 0. The summed E-state index contributed by atoms with van der Waals surface area (Å²) in [5.41, 5.74) is 3.29. The van der Waals surface area contributed by atoms with E-state index in [0.717, 1.165) is 28.9 Å². The summed E-state index contributed by atoms with van der Waals surface area (Å²) in [5.74, 6) is 1.35. The highest BCUT2D eigenvalue weighted by Crippen LogP contribution is 2.20. The molecule has 0 saturated carbocycles. The fraction of sp³-hybridized carbons (Fsp3) is 0.409. The molecule has 28 heavy (non-hydrogen) atoms. The van der Waals surface area contributed by atoms with Gasteiger partial charge in [0.25, 0.3) is 0 Å². The Balaban J connectivity index is 1.84. The zero-order chi connectivity index (χ0) is 20.2. The third kappa shape index (κ3) is 7.56. The number of hydrogen-bond donors (Lipinski definition) is 2. The fourth-order valence-corrected chi connectivity index (χ4v) is 2.67. The lowest BCUT2D eigenvalue weighted by atomic mass is 10.1. The van der Waals surface area contributed by atoms with Gasteiger partial charge in [-0.25, -0.2) is 4.39 Å². The van der Waals surface area contributed by atoms with E-state index >= 15 is 0 Å². The van der Waals surface area contributed by atoms with Gasteiger partial charge in [0.15, 0.2) is 5.96 Å². The van der Waals surface area contributed by atoms with Crippen molar-refractivity contribution < 1.29 is 13.9 Å². The Morgan fingerprint density at radius 2 is 1.86 bits per heavy atom. The molecule has 0 spiro atoms. The Labute approximate surface area is 167 Å². The molecule has 0 heterocycles. The molecule has 152 valence electrons. The number of guanidine groups is 1. The number of ether oxygens (including phenoxy) is 2. The summed E-state index contributed by atoms with van der Waals surface area (Å²) < 4.78 is 24.2. The van der Waals surface area contributed by atoms with Crippen molar-refractivity contribution in [1.82, 2.24) is 10.6 Å². The van der Waals surface area contributed by atoms with Crippen molar-refractivity contribution in [2.24, 2.45) is 4.99 Å². The van der Waals surface area contributed by atoms with Crippen molar-refractivity contribution in [1.29, 1.82) is 0 Å². The van der Waals surface area contributed by atoms with Gasteiger partial charge >= 0.3 is 0 Å². The van der Waals surface area contributed by atoms with Crippen molar-refractivity contribution in [3.63, 3.8) is 0 Å². The molecule has 0 unspecified atom stereocenters.